The van der Waals surface area contributed by atoms with Gasteiger partial charge in [0.25, 0.3) is 0 Å². The smallest absolute Gasteiger partial charge is 0.00532 e. The van der Waals surface area contributed by atoms with Gasteiger partial charge in [-0.2, -0.15) is 0 Å². The summed E-state index contributed by atoms with van der Waals surface area (Å²) in [5.74, 6) is 0. The van der Waals surface area contributed by atoms with Gasteiger partial charge in [-0.1, -0.05) is 41.5 Å². The zero-order valence-electron chi connectivity index (χ0n) is 11.0. The molecule has 0 unspecified atom stereocenters. The second-order valence-corrected chi connectivity index (χ2v) is 7.89. The fourth-order valence-electron chi connectivity index (χ4n) is 1.75. The van der Waals surface area contributed by atoms with Gasteiger partial charge in [-0.25, -0.2) is 0 Å². The van der Waals surface area contributed by atoms with Crippen LogP contribution in [0.4, 0.5) is 0 Å². The lowest BCUT2D eigenvalue weighted by Crippen LogP contribution is -2.09. The monoisotopic (exact) mass is 224 g/mol. The van der Waals surface area contributed by atoms with Crippen molar-refractivity contribution in [1.82, 2.24) is 0 Å². The van der Waals surface area contributed by atoms with E-state index >= 15 is 0 Å². The van der Waals surface area contributed by atoms with Crippen molar-refractivity contribution in [2.75, 3.05) is 0 Å². The van der Waals surface area contributed by atoms with E-state index in [1.807, 2.05) is 11.3 Å². The Morgan fingerprint density at radius 2 is 1.47 bits per heavy atom. The summed E-state index contributed by atoms with van der Waals surface area (Å²) in [6.07, 6.45) is 2.38. The summed E-state index contributed by atoms with van der Waals surface area (Å²) in [6, 6.07) is 2.39. The minimum atomic E-state index is 0.403. The van der Waals surface area contributed by atoms with E-state index in [1.165, 1.54) is 23.3 Å². The lowest BCUT2D eigenvalue weighted by atomic mass is 9.88. The largest absolute Gasteiger partial charge is 0.149 e. The molecule has 0 amide bonds. The molecule has 0 nitrogen and oxygen atoms in total. The second-order valence-electron chi connectivity index (χ2n) is 6.90. The molecule has 1 rings (SSSR count). The highest BCUT2D eigenvalue weighted by Crippen LogP contribution is 2.28. The molecule has 0 bridgehead atoms. The molecule has 1 aromatic heterocycles. The Morgan fingerprint density at radius 1 is 0.933 bits per heavy atom. The van der Waals surface area contributed by atoms with Crippen LogP contribution in [0.15, 0.2) is 11.4 Å². The lowest BCUT2D eigenvalue weighted by Gasteiger charge is -2.17. The van der Waals surface area contributed by atoms with Crippen molar-refractivity contribution < 1.29 is 0 Å². The van der Waals surface area contributed by atoms with Crippen molar-refractivity contribution >= 4 is 11.3 Å². The molecule has 15 heavy (non-hydrogen) atoms. The first-order valence-corrected chi connectivity index (χ1v) is 6.60. The third kappa shape index (κ3) is 5.36. The van der Waals surface area contributed by atoms with Gasteiger partial charge in [-0.05, 0) is 40.7 Å². The quantitative estimate of drug-likeness (QED) is 0.668. The minimum Gasteiger partial charge on any atom is -0.149 e. The predicted octanol–water partition coefficient (Wildman–Crippen LogP) is 4.93. The van der Waals surface area contributed by atoms with Gasteiger partial charge in [0.15, 0.2) is 0 Å². The average Bonchev–Trinajstić information content (AvgIpc) is 2.28. The number of hydrogen-bond donors (Lipinski definition) is 0. The van der Waals surface area contributed by atoms with E-state index in [0.717, 1.165) is 0 Å². The molecule has 0 saturated carbocycles. The Labute approximate surface area is 98.7 Å². The summed E-state index contributed by atoms with van der Waals surface area (Å²) < 4.78 is 0. The van der Waals surface area contributed by atoms with Crippen LogP contribution in [0, 0.1) is 10.8 Å². The molecule has 0 atom stereocenters. The topological polar surface area (TPSA) is 0 Å². The Bertz CT molecular complexity index is 276. The molecule has 0 N–H and O–H groups in total. The summed E-state index contributed by atoms with van der Waals surface area (Å²) in [5, 5.41) is 2.33. The molecule has 86 valence electrons. The van der Waals surface area contributed by atoms with Crippen molar-refractivity contribution in [2.45, 2.75) is 54.4 Å². The Kier molecular flexibility index (Phi) is 3.65. The van der Waals surface area contributed by atoms with Crippen LogP contribution < -0.4 is 0 Å². The molecule has 0 spiro atoms. The van der Waals surface area contributed by atoms with Crippen LogP contribution in [0.5, 0.6) is 0 Å². The van der Waals surface area contributed by atoms with Crippen LogP contribution in [-0.2, 0) is 12.8 Å². The van der Waals surface area contributed by atoms with Crippen molar-refractivity contribution in [1.29, 1.82) is 0 Å². The fraction of sp³-hybridized carbons (Fsp3) is 0.714. The summed E-state index contributed by atoms with van der Waals surface area (Å²) >= 11 is 1.92. The maximum Gasteiger partial charge on any atom is 0.00532 e. The zero-order valence-corrected chi connectivity index (χ0v) is 11.8. The van der Waals surface area contributed by atoms with Crippen molar-refractivity contribution in [3.05, 3.63) is 21.9 Å². The molecule has 0 saturated heterocycles. The highest BCUT2D eigenvalue weighted by atomic mass is 32.1. The van der Waals surface area contributed by atoms with Crippen LogP contribution >= 0.6 is 11.3 Å². The molecular formula is C14H24S. The van der Waals surface area contributed by atoms with Gasteiger partial charge in [-0.15, -0.1) is 11.3 Å². The van der Waals surface area contributed by atoms with E-state index < -0.39 is 0 Å². The fourth-order valence-corrected chi connectivity index (χ4v) is 2.94. The van der Waals surface area contributed by atoms with Crippen LogP contribution in [0.3, 0.4) is 0 Å². The van der Waals surface area contributed by atoms with E-state index in [4.69, 9.17) is 0 Å². The van der Waals surface area contributed by atoms with E-state index in [-0.39, 0.29) is 0 Å². The first-order valence-electron chi connectivity index (χ1n) is 5.72. The highest BCUT2D eigenvalue weighted by Gasteiger charge is 2.15. The van der Waals surface area contributed by atoms with Gasteiger partial charge >= 0.3 is 0 Å². The Balaban J connectivity index is 2.65. The van der Waals surface area contributed by atoms with Crippen molar-refractivity contribution in [3.63, 3.8) is 0 Å². The minimum absolute atomic E-state index is 0.403. The average molecular weight is 224 g/mol. The third-order valence-electron chi connectivity index (χ3n) is 2.15. The van der Waals surface area contributed by atoms with Gasteiger partial charge in [0, 0.05) is 4.88 Å². The van der Waals surface area contributed by atoms with Crippen LogP contribution in [0.1, 0.15) is 52.0 Å². The SMILES string of the molecule is CC(C)(C)Cc1csc(CC(C)(C)C)c1. The number of thiophene rings is 1. The summed E-state index contributed by atoms with van der Waals surface area (Å²) in [5.41, 5.74) is 2.32. The normalized spacial score (nSPS) is 13.2. The molecule has 0 radical (unpaired) electrons. The van der Waals surface area contributed by atoms with E-state index in [9.17, 15) is 0 Å². The summed E-state index contributed by atoms with van der Waals surface area (Å²) in [4.78, 5) is 1.53. The van der Waals surface area contributed by atoms with Crippen molar-refractivity contribution in [2.24, 2.45) is 10.8 Å². The second kappa shape index (κ2) is 4.29. The van der Waals surface area contributed by atoms with Crippen molar-refractivity contribution in [3.8, 4) is 0 Å². The van der Waals surface area contributed by atoms with Gasteiger partial charge in [0.2, 0.25) is 0 Å². The van der Waals surface area contributed by atoms with E-state index in [0.29, 0.717) is 10.8 Å². The first-order chi connectivity index (χ1) is 6.66. The molecule has 1 heterocycles. The molecule has 0 aliphatic carbocycles. The lowest BCUT2D eigenvalue weighted by molar-refractivity contribution is 0.409. The highest BCUT2D eigenvalue weighted by molar-refractivity contribution is 7.10. The molecule has 1 heteroatoms. The van der Waals surface area contributed by atoms with Crippen LogP contribution in [0.25, 0.3) is 0 Å². The van der Waals surface area contributed by atoms with Crippen LogP contribution in [-0.4, -0.2) is 0 Å². The summed E-state index contributed by atoms with van der Waals surface area (Å²) in [6.45, 7) is 13.8. The summed E-state index contributed by atoms with van der Waals surface area (Å²) in [7, 11) is 0. The van der Waals surface area contributed by atoms with Gasteiger partial charge < -0.3 is 0 Å². The molecular weight excluding hydrogens is 200 g/mol. The number of hydrogen-bond acceptors (Lipinski definition) is 1. The first kappa shape index (κ1) is 12.8. The van der Waals surface area contributed by atoms with Gasteiger partial charge in [0.05, 0.1) is 0 Å². The maximum atomic E-state index is 2.39. The van der Waals surface area contributed by atoms with Gasteiger partial charge in [-0.3, -0.25) is 0 Å². The predicted molar refractivity (Wildman–Crippen MR) is 70.6 cm³/mol. The van der Waals surface area contributed by atoms with Crippen LogP contribution in [0.2, 0.25) is 0 Å². The van der Waals surface area contributed by atoms with E-state index in [2.05, 4.69) is 53.0 Å². The number of rotatable bonds is 2. The van der Waals surface area contributed by atoms with E-state index in [1.54, 1.807) is 0 Å². The molecule has 1 aromatic rings. The standard InChI is InChI=1S/C14H24S/c1-13(2,3)8-11-7-12(15-10-11)9-14(4,5)6/h7,10H,8-9H2,1-6H3. The Morgan fingerprint density at radius 3 is 1.93 bits per heavy atom. The Hall–Kier alpha value is -0.300. The maximum absolute atomic E-state index is 2.39. The van der Waals surface area contributed by atoms with Gasteiger partial charge in [0.1, 0.15) is 0 Å². The molecule has 0 fully saturated rings. The molecule has 0 aromatic carbocycles. The molecule has 0 aliphatic heterocycles. The zero-order chi connectivity index (χ0) is 11.7. The molecule has 0 aliphatic rings. The third-order valence-corrected chi connectivity index (χ3v) is 3.13.